The first-order valence-corrected chi connectivity index (χ1v) is 7.00. The van der Waals surface area contributed by atoms with E-state index >= 15 is 0 Å². The minimum Gasteiger partial charge on any atom is -0.481 e. The number of halogens is 1. The molecule has 0 bridgehead atoms. The molecule has 1 unspecified atom stereocenters. The zero-order valence-electron chi connectivity index (χ0n) is 10.7. The molecule has 1 N–H and O–H groups in total. The summed E-state index contributed by atoms with van der Waals surface area (Å²) in [4.78, 5) is 25.3. The maximum atomic E-state index is 12.3. The molecule has 0 aliphatic carbocycles. The van der Waals surface area contributed by atoms with Gasteiger partial charge in [0.2, 0.25) is 0 Å². The summed E-state index contributed by atoms with van der Waals surface area (Å²) in [7, 11) is 0. The Morgan fingerprint density at radius 1 is 1.32 bits per heavy atom. The topological polar surface area (TPSA) is 57.6 Å². The second-order valence-corrected chi connectivity index (χ2v) is 6.12. The van der Waals surface area contributed by atoms with E-state index in [9.17, 15) is 14.7 Å². The van der Waals surface area contributed by atoms with Crippen LogP contribution in [0.2, 0.25) is 0 Å². The summed E-state index contributed by atoms with van der Waals surface area (Å²) in [5.74, 6) is -0.930. The summed E-state index contributed by atoms with van der Waals surface area (Å²) in [5.41, 5.74) is -0.235. The van der Waals surface area contributed by atoms with Gasteiger partial charge in [0.15, 0.2) is 0 Å². The van der Waals surface area contributed by atoms with Crippen LogP contribution in [-0.2, 0) is 4.79 Å². The van der Waals surface area contributed by atoms with Crippen molar-refractivity contribution in [2.75, 3.05) is 13.1 Å². The summed E-state index contributed by atoms with van der Waals surface area (Å²) >= 11 is 3.33. The summed E-state index contributed by atoms with van der Waals surface area (Å²) in [6, 6.07) is 7.12. The molecule has 1 fully saturated rings. The van der Waals surface area contributed by atoms with Gasteiger partial charge in [-0.1, -0.05) is 15.9 Å². The highest BCUT2D eigenvalue weighted by molar-refractivity contribution is 9.10. The summed E-state index contributed by atoms with van der Waals surface area (Å²) in [6.07, 6.45) is 1.34. The number of nitrogens with zero attached hydrogens (tertiary/aromatic N) is 1. The monoisotopic (exact) mass is 325 g/mol. The van der Waals surface area contributed by atoms with Crippen molar-refractivity contribution < 1.29 is 14.7 Å². The Morgan fingerprint density at radius 3 is 2.53 bits per heavy atom. The van der Waals surface area contributed by atoms with Crippen molar-refractivity contribution in [3.63, 3.8) is 0 Å². The van der Waals surface area contributed by atoms with Crippen molar-refractivity contribution in [3.8, 4) is 0 Å². The Bertz CT molecular complexity index is 500. The molecule has 1 aromatic carbocycles. The fourth-order valence-corrected chi connectivity index (χ4v) is 2.63. The number of carboxylic acid groups (broad SMARTS) is 1. The molecular weight excluding hydrogens is 310 g/mol. The molecule has 0 saturated carbocycles. The van der Waals surface area contributed by atoms with Gasteiger partial charge >= 0.3 is 5.97 Å². The van der Waals surface area contributed by atoms with Gasteiger partial charge in [-0.05, 0) is 44.0 Å². The maximum absolute atomic E-state index is 12.3. The smallest absolute Gasteiger partial charge is 0.311 e. The summed E-state index contributed by atoms with van der Waals surface area (Å²) < 4.78 is 0.915. The molecule has 1 atom stereocenters. The predicted octanol–water partition coefficient (Wildman–Crippen LogP) is 2.78. The van der Waals surface area contributed by atoms with Gasteiger partial charge in [-0.2, -0.15) is 0 Å². The lowest BCUT2D eigenvalue weighted by Gasteiger charge is -2.37. The number of hydrogen-bond acceptors (Lipinski definition) is 2. The number of hydrogen-bond donors (Lipinski definition) is 1. The molecule has 4 nitrogen and oxygen atoms in total. The number of carbonyl (C=O) groups is 2. The van der Waals surface area contributed by atoms with Crippen LogP contribution in [0.5, 0.6) is 0 Å². The first-order chi connectivity index (χ1) is 8.92. The van der Waals surface area contributed by atoms with E-state index in [-0.39, 0.29) is 12.5 Å². The highest BCUT2D eigenvalue weighted by Crippen LogP contribution is 2.30. The van der Waals surface area contributed by atoms with Crippen LogP contribution < -0.4 is 0 Å². The van der Waals surface area contributed by atoms with Crippen LogP contribution in [0.25, 0.3) is 0 Å². The standard InChI is InChI=1S/C14H16BrNO3/c1-14(13(18)19)7-2-8-16(9-14)12(17)10-3-5-11(15)6-4-10/h3-6H,2,7-9H2,1H3,(H,18,19). The first kappa shape index (κ1) is 14.1. The third kappa shape index (κ3) is 2.97. The Balaban J connectivity index is 2.15. The van der Waals surface area contributed by atoms with E-state index in [0.717, 1.165) is 10.9 Å². The lowest BCUT2D eigenvalue weighted by Crippen LogP contribution is -2.48. The average Bonchev–Trinajstić information content (AvgIpc) is 2.39. The molecule has 1 aromatic rings. The predicted molar refractivity (Wildman–Crippen MR) is 75.0 cm³/mol. The van der Waals surface area contributed by atoms with Gasteiger partial charge in [0.1, 0.15) is 0 Å². The van der Waals surface area contributed by atoms with Gasteiger partial charge in [-0.25, -0.2) is 0 Å². The Labute approximate surface area is 120 Å². The highest BCUT2D eigenvalue weighted by atomic mass is 79.9. The van der Waals surface area contributed by atoms with Crippen LogP contribution in [0.15, 0.2) is 28.7 Å². The van der Waals surface area contributed by atoms with Crippen molar-refractivity contribution in [1.29, 1.82) is 0 Å². The second kappa shape index (κ2) is 5.33. The minimum atomic E-state index is -0.833. The highest BCUT2D eigenvalue weighted by Gasteiger charge is 2.39. The molecule has 2 rings (SSSR count). The Hall–Kier alpha value is -1.36. The summed E-state index contributed by atoms with van der Waals surface area (Å²) in [5, 5.41) is 9.26. The molecule has 1 aliphatic heterocycles. The number of carboxylic acids is 1. The van der Waals surface area contributed by atoms with Gasteiger partial charge in [0.25, 0.3) is 5.91 Å². The van der Waals surface area contributed by atoms with Gasteiger partial charge in [0.05, 0.1) is 5.41 Å². The number of benzene rings is 1. The summed E-state index contributed by atoms with van der Waals surface area (Å²) in [6.45, 7) is 2.60. The van der Waals surface area contributed by atoms with E-state index in [0.29, 0.717) is 18.5 Å². The third-order valence-electron chi connectivity index (χ3n) is 3.59. The van der Waals surface area contributed by atoms with Crippen molar-refractivity contribution >= 4 is 27.8 Å². The van der Waals surface area contributed by atoms with Gasteiger partial charge in [-0.3, -0.25) is 9.59 Å². The molecule has 5 heteroatoms. The average molecular weight is 326 g/mol. The van der Waals surface area contributed by atoms with Crippen LogP contribution in [0, 0.1) is 5.41 Å². The molecule has 1 saturated heterocycles. The number of aliphatic carboxylic acids is 1. The number of piperidine rings is 1. The minimum absolute atomic E-state index is 0.0975. The van der Waals surface area contributed by atoms with Crippen molar-refractivity contribution in [1.82, 2.24) is 4.90 Å². The molecular formula is C14H16BrNO3. The molecule has 0 radical (unpaired) electrons. The van der Waals surface area contributed by atoms with Crippen LogP contribution >= 0.6 is 15.9 Å². The third-order valence-corrected chi connectivity index (χ3v) is 4.12. The van der Waals surface area contributed by atoms with Crippen LogP contribution in [-0.4, -0.2) is 35.0 Å². The van der Waals surface area contributed by atoms with Crippen LogP contribution in [0.4, 0.5) is 0 Å². The Morgan fingerprint density at radius 2 is 1.95 bits per heavy atom. The quantitative estimate of drug-likeness (QED) is 0.909. The van der Waals surface area contributed by atoms with Crippen molar-refractivity contribution in [2.24, 2.45) is 5.41 Å². The normalized spacial score (nSPS) is 23.2. The Kier molecular flexibility index (Phi) is 3.94. The van der Waals surface area contributed by atoms with E-state index in [1.54, 1.807) is 24.0 Å². The second-order valence-electron chi connectivity index (χ2n) is 5.20. The maximum Gasteiger partial charge on any atom is 0.311 e. The van der Waals surface area contributed by atoms with E-state index in [4.69, 9.17) is 0 Å². The fraction of sp³-hybridized carbons (Fsp3) is 0.429. The SMILES string of the molecule is CC1(C(=O)O)CCCN(C(=O)c2ccc(Br)cc2)C1. The van der Waals surface area contributed by atoms with E-state index < -0.39 is 11.4 Å². The van der Waals surface area contributed by atoms with Gasteiger partial charge in [0, 0.05) is 23.1 Å². The molecule has 0 spiro atoms. The fourth-order valence-electron chi connectivity index (χ4n) is 2.36. The van der Waals surface area contributed by atoms with Crippen molar-refractivity contribution in [3.05, 3.63) is 34.3 Å². The largest absolute Gasteiger partial charge is 0.481 e. The lowest BCUT2D eigenvalue weighted by atomic mass is 9.82. The van der Waals surface area contributed by atoms with Crippen molar-refractivity contribution in [2.45, 2.75) is 19.8 Å². The zero-order chi connectivity index (χ0) is 14.0. The number of likely N-dealkylation sites (tertiary alicyclic amines) is 1. The first-order valence-electron chi connectivity index (χ1n) is 6.21. The molecule has 1 heterocycles. The lowest BCUT2D eigenvalue weighted by molar-refractivity contribution is -0.150. The molecule has 102 valence electrons. The number of carbonyl (C=O) groups excluding carboxylic acids is 1. The van der Waals surface area contributed by atoms with Gasteiger partial charge < -0.3 is 10.0 Å². The number of rotatable bonds is 2. The molecule has 0 aromatic heterocycles. The van der Waals surface area contributed by atoms with Gasteiger partial charge in [-0.15, -0.1) is 0 Å². The van der Waals surface area contributed by atoms with E-state index in [2.05, 4.69) is 15.9 Å². The molecule has 1 amide bonds. The molecule has 19 heavy (non-hydrogen) atoms. The molecule has 1 aliphatic rings. The van der Waals surface area contributed by atoms with Crippen LogP contribution in [0.3, 0.4) is 0 Å². The zero-order valence-corrected chi connectivity index (χ0v) is 12.3. The number of amides is 1. The van der Waals surface area contributed by atoms with Crippen LogP contribution in [0.1, 0.15) is 30.1 Å². The van der Waals surface area contributed by atoms with E-state index in [1.165, 1.54) is 0 Å². The van der Waals surface area contributed by atoms with E-state index in [1.807, 2.05) is 12.1 Å².